The molecule has 0 radical (unpaired) electrons. The van der Waals surface area contributed by atoms with E-state index in [0.717, 1.165) is 10.6 Å². The average molecular weight is 364 g/mol. The minimum absolute atomic E-state index is 0.107. The van der Waals surface area contributed by atoms with Crippen molar-refractivity contribution in [1.82, 2.24) is 5.32 Å². The topological polar surface area (TPSA) is 75.7 Å². The van der Waals surface area contributed by atoms with Crippen LogP contribution in [0.2, 0.25) is 0 Å². The molecular formula is C18H24N2O4S. The zero-order valence-corrected chi connectivity index (χ0v) is 15.6. The van der Waals surface area contributed by atoms with Crippen LogP contribution in [0.5, 0.6) is 0 Å². The van der Waals surface area contributed by atoms with E-state index in [2.05, 4.69) is 5.32 Å². The van der Waals surface area contributed by atoms with Gasteiger partial charge in [0.1, 0.15) is 0 Å². The maximum absolute atomic E-state index is 12.2. The van der Waals surface area contributed by atoms with Gasteiger partial charge in [0.05, 0.1) is 5.92 Å². The zero-order chi connectivity index (χ0) is 18.4. The Morgan fingerprint density at radius 2 is 2.16 bits per heavy atom. The van der Waals surface area contributed by atoms with Gasteiger partial charge in [-0.2, -0.15) is 0 Å². The minimum Gasteiger partial charge on any atom is -0.455 e. The first-order valence-electron chi connectivity index (χ1n) is 8.28. The van der Waals surface area contributed by atoms with Crippen molar-refractivity contribution in [1.29, 1.82) is 0 Å². The normalized spacial score (nSPS) is 17.0. The summed E-state index contributed by atoms with van der Waals surface area (Å²) in [5.41, 5.74) is 0.779. The Labute approximate surface area is 152 Å². The summed E-state index contributed by atoms with van der Waals surface area (Å²) in [6, 6.07) is 7.63. The number of nitrogens with zero attached hydrogens (tertiary/aromatic N) is 1. The van der Waals surface area contributed by atoms with Gasteiger partial charge in [-0.3, -0.25) is 14.4 Å². The van der Waals surface area contributed by atoms with Crippen LogP contribution in [0.1, 0.15) is 20.3 Å². The van der Waals surface area contributed by atoms with Crippen LogP contribution in [0.3, 0.4) is 0 Å². The molecular weight excluding hydrogens is 340 g/mol. The van der Waals surface area contributed by atoms with Gasteiger partial charge in [0, 0.05) is 30.1 Å². The second-order valence-corrected chi connectivity index (χ2v) is 7.29. The van der Waals surface area contributed by atoms with Crippen LogP contribution >= 0.6 is 11.8 Å². The van der Waals surface area contributed by atoms with Crippen LogP contribution in [-0.4, -0.2) is 43.7 Å². The summed E-state index contributed by atoms with van der Waals surface area (Å²) in [6.07, 6.45) is 2.07. The molecule has 1 aliphatic rings. The smallest absolute Gasteiger partial charge is 0.311 e. The molecule has 25 heavy (non-hydrogen) atoms. The van der Waals surface area contributed by atoms with Crippen molar-refractivity contribution >= 4 is 35.2 Å². The highest BCUT2D eigenvalue weighted by Gasteiger charge is 2.36. The molecule has 1 saturated heterocycles. The number of nitrogens with one attached hydrogen (secondary N) is 1. The van der Waals surface area contributed by atoms with Crippen molar-refractivity contribution in [2.45, 2.75) is 25.2 Å². The number of benzene rings is 1. The van der Waals surface area contributed by atoms with E-state index in [-0.39, 0.29) is 31.4 Å². The molecule has 1 N–H and O–H groups in total. The van der Waals surface area contributed by atoms with Gasteiger partial charge >= 0.3 is 5.97 Å². The van der Waals surface area contributed by atoms with Crippen molar-refractivity contribution in [3.05, 3.63) is 24.3 Å². The van der Waals surface area contributed by atoms with Gasteiger partial charge in [-0.15, -0.1) is 11.8 Å². The Kier molecular flexibility index (Phi) is 6.87. The lowest BCUT2D eigenvalue weighted by Gasteiger charge is -2.17. The van der Waals surface area contributed by atoms with Gasteiger partial charge in [0.25, 0.3) is 5.91 Å². The molecule has 7 heteroatoms. The Morgan fingerprint density at radius 1 is 1.40 bits per heavy atom. The zero-order valence-electron chi connectivity index (χ0n) is 14.8. The molecule has 1 aromatic rings. The van der Waals surface area contributed by atoms with Crippen LogP contribution in [0.25, 0.3) is 0 Å². The molecule has 0 bridgehead atoms. The van der Waals surface area contributed by atoms with Crippen molar-refractivity contribution in [2.75, 3.05) is 30.9 Å². The van der Waals surface area contributed by atoms with E-state index in [1.807, 2.05) is 44.4 Å². The third-order valence-corrected chi connectivity index (χ3v) is 4.60. The van der Waals surface area contributed by atoms with Crippen LogP contribution < -0.4 is 10.2 Å². The lowest BCUT2D eigenvalue weighted by atomic mass is 10.1. The van der Waals surface area contributed by atoms with Crippen LogP contribution in [-0.2, 0) is 19.1 Å². The quantitative estimate of drug-likeness (QED) is 0.592. The van der Waals surface area contributed by atoms with E-state index in [9.17, 15) is 14.4 Å². The van der Waals surface area contributed by atoms with E-state index in [1.54, 1.807) is 16.7 Å². The summed E-state index contributed by atoms with van der Waals surface area (Å²) in [4.78, 5) is 38.7. The molecule has 136 valence electrons. The number of rotatable bonds is 7. The predicted molar refractivity (Wildman–Crippen MR) is 97.5 cm³/mol. The van der Waals surface area contributed by atoms with E-state index >= 15 is 0 Å². The summed E-state index contributed by atoms with van der Waals surface area (Å²) in [5, 5.41) is 2.69. The van der Waals surface area contributed by atoms with Gasteiger partial charge in [0.2, 0.25) is 5.91 Å². The number of carbonyl (C=O) groups excluding carboxylic acids is 3. The van der Waals surface area contributed by atoms with Crippen molar-refractivity contribution in [2.24, 2.45) is 11.8 Å². The SMILES string of the molecule is CSc1cccc(N2C[C@@H](C(=O)OCC(=O)NCC(C)C)CC2=O)c1. The number of amides is 2. The number of hydrogen-bond acceptors (Lipinski definition) is 5. The summed E-state index contributed by atoms with van der Waals surface area (Å²) < 4.78 is 5.06. The highest BCUT2D eigenvalue weighted by Crippen LogP contribution is 2.28. The van der Waals surface area contributed by atoms with Gasteiger partial charge in [-0.05, 0) is 30.4 Å². The van der Waals surface area contributed by atoms with Gasteiger partial charge < -0.3 is 15.0 Å². The monoisotopic (exact) mass is 364 g/mol. The molecule has 6 nitrogen and oxygen atoms in total. The molecule has 1 heterocycles. The highest BCUT2D eigenvalue weighted by molar-refractivity contribution is 7.98. The largest absolute Gasteiger partial charge is 0.455 e. The molecule has 1 fully saturated rings. The number of hydrogen-bond donors (Lipinski definition) is 1. The lowest BCUT2D eigenvalue weighted by Crippen LogP contribution is -2.33. The first-order chi connectivity index (χ1) is 11.9. The molecule has 0 aromatic heterocycles. The summed E-state index contributed by atoms with van der Waals surface area (Å²) in [7, 11) is 0. The Balaban J connectivity index is 1.88. The summed E-state index contributed by atoms with van der Waals surface area (Å²) >= 11 is 1.59. The van der Waals surface area contributed by atoms with E-state index in [4.69, 9.17) is 4.74 Å². The predicted octanol–water partition coefficient (Wildman–Crippen LogP) is 2.08. The first kappa shape index (κ1) is 19.3. The fourth-order valence-corrected chi connectivity index (χ4v) is 2.97. The van der Waals surface area contributed by atoms with Crippen molar-refractivity contribution in [3.63, 3.8) is 0 Å². The second kappa shape index (κ2) is 8.89. The summed E-state index contributed by atoms with van der Waals surface area (Å²) in [6.45, 7) is 4.48. The van der Waals surface area contributed by atoms with Gasteiger partial charge in [-0.1, -0.05) is 19.9 Å². The third kappa shape index (κ3) is 5.49. The van der Waals surface area contributed by atoms with Gasteiger partial charge in [0.15, 0.2) is 6.61 Å². The number of thioether (sulfide) groups is 1. The maximum Gasteiger partial charge on any atom is 0.311 e. The molecule has 0 saturated carbocycles. The number of carbonyl (C=O) groups is 3. The van der Waals surface area contributed by atoms with Crippen LogP contribution in [0.4, 0.5) is 5.69 Å². The standard InChI is InChI=1S/C18H24N2O4S/c1-12(2)9-19-16(21)11-24-18(23)13-7-17(22)20(10-13)14-5-4-6-15(8-14)25-3/h4-6,8,12-13H,7,9-11H2,1-3H3,(H,19,21)/t13-/m0/s1. The van der Waals surface area contributed by atoms with Gasteiger partial charge in [-0.25, -0.2) is 0 Å². The molecule has 0 aliphatic carbocycles. The van der Waals surface area contributed by atoms with E-state index < -0.39 is 11.9 Å². The fraction of sp³-hybridized carbons (Fsp3) is 0.500. The molecule has 0 unspecified atom stereocenters. The number of esters is 1. The molecule has 2 amide bonds. The summed E-state index contributed by atoms with van der Waals surface area (Å²) in [5.74, 6) is -1.14. The fourth-order valence-electron chi connectivity index (χ4n) is 2.52. The van der Waals surface area contributed by atoms with E-state index in [1.165, 1.54) is 0 Å². The third-order valence-electron chi connectivity index (χ3n) is 3.88. The van der Waals surface area contributed by atoms with Crippen LogP contribution in [0.15, 0.2) is 29.2 Å². The molecule has 1 atom stereocenters. The Bertz CT molecular complexity index is 648. The first-order valence-corrected chi connectivity index (χ1v) is 9.51. The van der Waals surface area contributed by atoms with E-state index in [0.29, 0.717) is 12.5 Å². The molecule has 0 spiro atoms. The second-order valence-electron chi connectivity index (χ2n) is 6.41. The Morgan fingerprint density at radius 3 is 2.84 bits per heavy atom. The molecule has 1 aliphatic heterocycles. The highest BCUT2D eigenvalue weighted by atomic mass is 32.2. The molecule has 1 aromatic carbocycles. The number of ether oxygens (including phenoxy) is 1. The van der Waals surface area contributed by atoms with Crippen molar-refractivity contribution in [3.8, 4) is 0 Å². The average Bonchev–Trinajstić information content (AvgIpc) is 2.99. The molecule has 2 rings (SSSR count). The van der Waals surface area contributed by atoms with Crippen molar-refractivity contribution < 1.29 is 19.1 Å². The maximum atomic E-state index is 12.2. The minimum atomic E-state index is -0.539. The van der Waals surface area contributed by atoms with Crippen LogP contribution in [0, 0.1) is 11.8 Å². The number of anilines is 1. The Hall–Kier alpha value is -2.02. The lowest BCUT2D eigenvalue weighted by molar-refractivity contribution is -0.152.